The third kappa shape index (κ3) is 5.25. The van der Waals surface area contributed by atoms with Crippen LogP contribution in [0.1, 0.15) is 0 Å². The SMILES string of the molecule is c1ccc2cc(-c3nc(-c4ccc5oc6ccccc6c5c4)nc(-c4cc5c(cc4-n4c6cc7ccccc7cc6c6c7ccccc7ccc64)sc4ccccc45)n3)ccc2c1. The minimum atomic E-state index is 0.593. The number of benzene rings is 10. The van der Waals surface area contributed by atoms with Crippen molar-refractivity contribution in [3.63, 3.8) is 0 Å². The molecule has 0 atom stereocenters. The lowest BCUT2D eigenvalue weighted by Crippen LogP contribution is -2.04. The molecular formula is C57H32N4OS. The first-order chi connectivity index (χ1) is 31.2. The number of para-hydroxylation sites is 1. The van der Waals surface area contributed by atoms with Crippen molar-refractivity contribution in [1.29, 1.82) is 0 Å². The van der Waals surface area contributed by atoms with Crippen molar-refractivity contribution in [1.82, 2.24) is 19.5 Å². The molecule has 10 aromatic carbocycles. The quantitative estimate of drug-likeness (QED) is 0.177. The molecule has 0 aliphatic rings. The predicted molar refractivity (Wildman–Crippen MR) is 263 cm³/mol. The molecule has 6 heteroatoms. The topological polar surface area (TPSA) is 56.7 Å². The van der Waals surface area contributed by atoms with E-state index in [0.29, 0.717) is 17.5 Å². The zero-order valence-corrected chi connectivity index (χ0v) is 34.4. The number of fused-ring (bicyclic) bond motifs is 13. The Morgan fingerprint density at radius 3 is 1.83 bits per heavy atom. The van der Waals surface area contributed by atoms with Crippen LogP contribution in [0.15, 0.2) is 199 Å². The summed E-state index contributed by atoms with van der Waals surface area (Å²) in [7, 11) is 0. The molecule has 0 amide bonds. The average molecular weight is 821 g/mol. The summed E-state index contributed by atoms with van der Waals surface area (Å²) >= 11 is 1.82. The first kappa shape index (κ1) is 34.5. The molecule has 0 spiro atoms. The Hall–Kier alpha value is -8.19. The van der Waals surface area contributed by atoms with Crippen LogP contribution in [0.5, 0.6) is 0 Å². The predicted octanol–water partition coefficient (Wildman–Crippen LogP) is 15.7. The molecule has 0 aliphatic carbocycles. The molecule has 4 heterocycles. The summed E-state index contributed by atoms with van der Waals surface area (Å²) in [5.41, 5.74) is 7.68. The van der Waals surface area contributed by atoms with Crippen LogP contribution in [0.2, 0.25) is 0 Å². The van der Waals surface area contributed by atoms with E-state index in [9.17, 15) is 0 Å². The van der Waals surface area contributed by atoms with Gasteiger partial charge in [0, 0.05) is 58.4 Å². The average Bonchev–Trinajstić information content (AvgIpc) is 4.01. The fourth-order valence-electron chi connectivity index (χ4n) is 9.81. The monoisotopic (exact) mass is 820 g/mol. The minimum absolute atomic E-state index is 0.593. The molecule has 0 saturated carbocycles. The van der Waals surface area contributed by atoms with Crippen molar-refractivity contribution in [3.05, 3.63) is 194 Å². The number of hydrogen-bond acceptors (Lipinski definition) is 5. The highest BCUT2D eigenvalue weighted by molar-refractivity contribution is 7.25. The molecule has 63 heavy (non-hydrogen) atoms. The minimum Gasteiger partial charge on any atom is -0.456 e. The molecule has 0 bridgehead atoms. The van der Waals surface area contributed by atoms with E-state index in [-0.39, 0.29) is 0 Å². The zero-order valence-electron chi connectivity index (χ0n) is 33.6. The van der Waals surface area contributed by atoms with Crippen LogP contribution in [0, 0.1) is 0 Å². The highest BCUT2D eigenvalue weighted by Crippen LogP contribution is 2.45. The van der Waals surface area contributed by atoms with Gasteiger partial charge in [-0.1, -0.05) is 127 Å². The van der Waals surface area contributed by atoms with Crippen LogP contribution in [0.4, 0.5) is 0 Å². The first-order valence-electron chi connectivity index (χ1n) is 21.2. The molecule has 5 nitrogen and oxygen atoms in total. The van der Waals surface area contributed by atoms with Crippen molar-refractivity contribution in [3.8, 4) is 39.9 Å². The lowest BCUT2D eigenvalue weighted by Gasteiger charge is -2.16. The van der Waals surface area contributed by atoms with E-state index in [1.54, 1.807) is 0 Å². The summed E-state index contributed by atoms with van der Waals surface area (Å²) < 4.78 is 11.2. The van der Waals surface area contributed by atoms with Crippen LogP contribution in [-0.2, 0) is 0 Å². The molecule has 4 aromatic heterocycles. The van der Waals surface area contributed by atoms with Gasteiger partial charge in [0.05, 0.1) is 16.7 Å². The maximum Gasteiger partial charge on any atom is 0.166 e. The van der Waals surface area contributed by atoms with Gasteiger partial charge in [-0.15, -0.1) is 11.3 Å². The molecule has 0 unspecified atom stereocenters. The fraction of sp³-hybridized carbons (Fsp3) is 0. The number of rotatable bonds is 4. The van der Waals surface area contributed by atoms with E-state index < -0.39 is 0 Å². The van der Waals surface area contributed by atoms with Gasteiger partial charge >= 0.3 is 0 Å². The normalized spacial score (nSPS) is 12.1. The highest BCUT2D eigenvalue weighted by Gasteiger charge is 2.23. The van der Waals surface area contributed by atoms with Crippen molar-refractivity contribution in [2.75, 3.05) is 0 Å². The van der Waals surface area contributed by atoms with Crippen LogP contribution < -0.4 is 0 Å². The molecule has 0 aliphatic heterocycles. The lowest BCUT2D eigenvalue weighted by atomic mass is 10.0. The fourth-order valence-corrected chi connectivity index (χ4v) is 10.9. The largest absolute Gasteiger partial charge is 0.456 e. The summed E-state index contributed by atoms with van der Waals surface area (Å²) in [6.07, 6.45) is 0. The van der Waals surface area contributed by atoms with E-state index in [1.807, 2.05) is 29.5 Å². The summed E-state index contributed by atoms with van der Waals surface area (Å²) in [5.74, 6) is 1.80. The molecule has 0 radical (unpaired) electrons. The zero-order chi connectivity index (χ0) is 41.2. The number of furan rings is 1. The van der Waals surface area contributed by atoms with Gasteiger partial charge in [0.25, 0.3) is 0 Å². The maximum atomic E-state index is 6.26. The molecule has 292 valence electrons. The van der Waals surface area contributed by atoms with E-state index in [2.05, 4.69) is 180 Å². The van der Waals surface area contributed by atoms with Crippen LogP contribution in [0.3, 0.4) is 0 Å². The maximum absolute atomic E-state index is 6.26. The van der Waals surface area contributed by atoms with E-state index >= 15 is 0 Å². The van der Waals surface area contributed by atoms with Crippen molar-refractivity contribution in [2.24, 2.45) is 0 Å². The summed E-state index contributed by atoms with van der Waals surface area (Å²) in [5, 5.41) is 14.0. The van der Waals surface area contributed by atoms with Gasteiger partial charge in [-0.3, -0.25) is 0 Å². The van der Waals surface area contributed by atoms with Crippen molar-refractivity contribution < 1.29 is 4.42 Å². The molecule has 14 rings (SSSR count). The third-order valence-electron chi connectivity index (χ3n) is 12.8. The van der Waals surface area contributed by atoms with Crippen LogP contribution in [0.25, 0.3) is 136 Å². The van der Waals surface area contributed by atoms with E-state index in [1.165, 1.54) is 52.5 Å². The number of hydrogen-bond donors (Lipinski definition) is 0. The standard InChI is InChI=1S/C57H32N4OS/c1-2-13-35-27-38(22-21-33(35)11-1)55-58-56(39-24-26-51-43(29-39)41-17-7-9-19-50(41)62-51)60-57(59-55)46-31-44-42-18-8-10-20-52(42)63-53(44)32-49(46)61-47-25-23-34-12-5-6-16-40(34)54(47)45-28-36-14-3-4-15-37(36)30-48(45)61/h1-32H. The van der Waals surface area contributed by atoms with Crippen molar-refractivity contribution >= 4 is 108 Å². The Kier molecular flexibility index (Phi) is 7.21. The Bertz CT molecular complexity index is 4230. The Balaban J connectivity index is 1.11. The summed E-state index contributed by atoms with van der Waals surface area (Å²) in [4.78, 5) is 16.2. The first-order valence-corrected chi connectivity index (χ1v) is 22.0. The Labute approximate surface area is 363 Å². The third-order valence-corrected chi connectivity index (χ3v) is 13.9. The smallest absolute Gasteiger partial charge is 0.166 e. The van der Waals surface area contributed by atoms with Gasteiger partial charge in [0.2, 0.25) is 0 Å². The van der Waals surface area contributed by atoms with Gasteiger partial charge in [0.15, 0.2) is 17.5 Å². The highest BCUT2D eigenvalue weighted by atomic mass is 32.1. The second-order valence-electron chi connectivity index (χ2n) is 16.4. The molecular weight excluding hydrogens is 789 g/mol. The van der Waals surface area contributed by atoms with E-state index in [4.69, 9.17) is 19.4 Å². The molecule has 0 saturated heterocycles. The Morgan fingerprint density at radius 1 is 0.365 bits per heavy atom. The second-order valence-corrected chi connectivity index (χ2v) is 17.5. The van der Waals surface area contributed by atoms with Gasteiger partial charge < -0.3 is 8.98 Å². The van der Waals surface area contributed by atoms with Gasteiger partial charge in [-0.25, -0.2) is 15.0 Å². The number of nitrogens with zero attached hydrogens (tertiary/aromatic N) is 4. The van der Waals surface area contributed by atoms with Gasteiger partial charge in [0.1, 0.15) is 11.2 Å². The molecule has 0 fully saturated rings. The van der Waals surface area contributed by atoms with Gasteiger partial charge in [-0.05, 0) is 99.0 Å². The summed E-state index contributed by atoms with van der Waals surface area (Å²) in [6, 6.07) is 69.3. The number of thiophene rings is 1. The Morgan fingerprint density at radius 2 is 0.984 bits per heavy atom. The lowest BCUT2D eigenvalue weighted by molar-refractivity contribution is 0.669. The molecule has 0 N–H and O–H groups in total. The van der Waals surface area contributed by atoms with Crippen LogP contribution in [-0.4, -0.2) is 19.5 Å². The van der Waals surface area contributed by atoms with Gasteiger partial charge in [-0.2, -0.15) is 0 Å². The summed E-state index contributed by atoms with van der Waals surface area (Å²) in [6.45, 7) is 0. The number of aromatic nitrogens is 4. The second kappa shape index (κ2) is 13.2. The molecule has 14 aromatic rings. The van der Waals surface area contributed by atoms with Crippen LogP contribution >= 0.6 is 11.3 Å². The van der Waals surface area contributed by atoms with E-state index in [0.717, 1.165) is 66.1 Å². The van der Waals surface area contributed by atoms with Crippen molar-refractivity contribution in [2.45, 2.75) is 0 Å².